The average Bonchev–Trinajstić information content (AvgIpc) is 2.37. The summed E-state index contributed by atoms with van der Waals surface area (Å²) in [7, 11) is 0. The summed E-state index contributed by atoms with van der Waals surface area (Å²) in [5.41, 5.74) is -0.198. The second kappa shape index (κ2) is 10.1. The van der Waals surface area contributed by atoms with Gasteiger partial charge in [-0.2, -0.15) is 0 Å². The van der Waals surface area contributed by atoms with Gasteiger partial charge in [-0.1, -0.05) is 0 Å². The molecule has 2 nitrogen and oxygen atoms in total. The number of hydrogen-bond acceptors (Lipinski definition) is 2. The third kappa shape index (κ3) is 6.06. The van der Waals surface area contributed by atoms with E-state index in [-0.39, 0.29) is 11.4 Å². The van der Waals surface area contributed by atoms with Crippen molar-refractivity contribution in [1.82, 2.24) is 0 Å². The van der Waals surface area contributed by atoms with Crippen molar-refractivity contribution >= 4 is 5.97 Å². The van der Waals surface area contributed by atoms with Crippen LogP contribution in [0.25, 0.3) is 0 Å². The van der Waals surface area contributed by atoms with E-state index in [1.54, 1.807) is 0 Å². The number of hydrogen-bond donors (Lipinski definition) is 0. The predicted octanol–water partition coefficient (Wildman–Crippen LogP) is 4.55. The fourth-order valence-corrected chi connectivity index (χ4v) is 2.67. The van der Waals surface area contributed by atoms with Gasteiger partial charge in [0.25, 0.3) is 0 Å². The van der Waals surface area contributed by atoms with Crippen LogP contribution < -0.4 is 0 Å². The SMILES string of the molecule is CCCCC(CCCC)(CCCC)C(=O)[O][Ti]. The summed E-state index contributed by atoms with van der Waals surface area (Å²) < 4.78 is 5.07. The molecule has 0 aromatic heterocycles. The Morgan fingerprint density at radius 2 is 1.29 bits per heavy atom. The standard InChI is InChI=1S/C14H28O2.Ti/c1-4-7-10-14(13(15)16,11-8-5-2)12-9-6-3;/h4-12H2,1-3H3,(H,15,16);/q;+1/p-1. The van der Waals surface area contributed by atoms with E-state index in [4.69, 9.17) is 3.32 Å². The first-order valence-corrected chi connectivity index (χ1v) is 7.68. The molecule has 0 aliphatic rings. The van der Waals surface area contributed by atoms with Crippen molar-refractivity contribution in [3.8, 4) is 0 Å². The van der Waals surface area contributed by atoms with Crippen LogP contribution in [0, 0.1) is 5.41 Å². The van der Waals surface area contributed by atoms with Gasteiger partial charge in [0.2, 0.25) is 0 Å². The van der Waals surface area contributed by atoms with Crippen molar-refractivity contribution < 1.29 is 28.9 Å². The van der Waals surface area contributed by atoms with E-state index in [0.717, 1.165) is 57.8 Å². The van der Waals surface area contributed by atoms with Gasteiger partial charge in [0.1, 0.15) is 0 Å². The van der Waals surface area contributed by atoms with Gasteiger partial charge in [-0.25, -0.2) is 0 Å². The van der Waals surface area contributed by atoms with E-state index in [2.05, 4.69) is 20.8 Å². The molecule has 0 aliphatic heterocycles. The summed E-state index contributed by atoms with van der Waals surface area (Å²) in [6, 6.07) is 0. The van der Waals surface area contributed by atoms with Crippen LogP contribution in [0.5, 0.6) is 0 Å². The van der Waals surface area contributed by atoms with E-state index in [1.807, 2.05) is 0 Å². The molecular formula is C14H27O2Ti. The summed E-state index contributed by atoms with van der Waals surface area (Å²) in [5.74, 6) is 0.0212. The first kappa shape index (κ1) is 17.2. The van der Waals surface area contributed by atoms with Gasteiger partial charge in [-0.3, -0.25) is 0 Å². The zero-order chi connectivity index (χ0) is 13.1. The van der Waals surface area contributed by atoms with E-state index < -0.39 is 0 Å². The zero-order valence-electron chi connectivity index (χ0n) is 11.7. The van der Waals surface area contributed by atoms with E-state index in [1.165, 1.54) is 20.8 Å². The summed E-state index contributed by atoms with van der Waals surface area (Å²) >= 11 is 1.53. The molecule has 3 heteroatoms. The average molecular weight is 275 g/mol. The van der Waals surface area contributed by atoms with Gasteiger partial charge in [-0.05, 0) is 0 Å². The first-order chi connectivity index (χ1) is 8.16. The molecule has 0 aromatic carbocycles. The molecule has 0 radical (unpaired) electrons. The molecule has 0 spiro atoms. The second-order valence-electron chi connectivity index (χ2n) is 4.98. The van der Waals surface area contributed by atoms with E-state index in [9.17, 15) is 4.79 Å². The molecule has 0 aromatic rings. The van der Waals surface area contributed by atoms with Crippen molar-refractivity contribution in [3.63, 3.8) is 0 Å². The summed E-state index contributed by atoms with van der Waals surface area (Å²) in [4.78, 5) is 12.1. The molecule has 0 aliphatic carbocycles. The molecule has 0 saturated carbocycles. The number of unbranched alkanes of at least 4 members (excludes halogenated alkanes) is 3. The van der Waals surface area contributed by atoms with Gasteiger partial charge < -0.3 is 0 Å². The Morgan fingerprint density at radius 3 is 1.53 bits per heavy atom. The van der Waals surface area contributed by atoms with Crippen molar-refractivity contribution in [3.05, 3.63) is 0 Å². The third-order valence-electron chi connectivity index (χ3n) is 3.55. The van der Waals surface area contributed by atoms with E-state index in [0.29, 0.717) is 0 Å². The van der Waals surface area contributed by atoms with Crippen molar-refractivity contribution in [2.45, 2.75) is 78.6 Å². The molecule has 0 N–H and O–H groups in total. The molecule has 0 saturated heterocycles. The molecule has 0 atom stereocenters. The Kier molecular flexibility index (Phi) is 10.2. The third-order valence-corrected chi connectivity index (χ3v) is 3.84. The molecule has 0 heterocycles. The molecule has 0 fully saturated rings. The molecule has 0 amide bonds. The minimum absolute atomic E-state index is 0.0212. The fourth-order valence-electron chi connectivity index (χ4n) is 2.33. The van der Waals surface area contributed by atoms with Crippen LogP contribution in [-0.4, -0.2) is 5.97 Å². The Labute approximate surface area is 119 Å². The maximum atomic E-state index is 12.1. The quantitative estimate of drug-likeness (QED) is 0.547. The van der Waals surface area contributed by atoms with Crippen molar-refractivity contribution in [2.24, 2.45) is 5.41 Å². The molecular weight excluding hydrogens is 248 g/mol. The van der Waals surface area contributed by atoms with Crippen molar-refractivity contribution in [1.29, 1.82) is 0 Å². The zero-order valence-corrected chi connectivity index (χ0v) is 13.2. The predicted molar refractivity (Wildman–Crippen MR) is 67.1 cm³/mol. The number of carbonyl (C=O) groups excluding carboxylic acids is 1. The topological polar surface area (TPSA) is 26.3 Å². The Morgan fingerprint density at radius 1 is 0.941 bits per heavy atom. The van der Waals surface area contributed by atoms with Gasteiger partial charge in [-0.15, -0.1) is 0 Å². The van der Waals surface area contributed by atoms with Crippen LogP contribution in [0.15, 0.2) is 0 Å². The fraction of sp³-hybridized carbons (Fsp3) is 0.929. The molecule has 17 heavy (non-hydrogen) atoms. The molecule has 0 unspecified atom stereocenters. The Hall–Kier alpha value is 0.184. The minimum atomic E-state index is -0.198. The van der Waals surface area contributed by atoms with Crippen LogP contribution in [0.2, 0.25) is 0 Å². The Balaban J connectivity index is 4.70. The normalized spacial score (nSPS) is 11.4. The molecule has 0 bridgehead atoms. The summed E-state index contributed by atoms with van der Waals surface area (Å²) in [5, 5.41) is 0. The molecule has 99 valence electrons. The maximum absolute atomic E-state index is 12.1. The first-order valence-electron chi connectivity index (χ1n) is 7.04. The Bertz CT molecular complexity index is 183. The van der Waals surface area contributed by atoms with Crippen molar-refractivity contribution in [2.75, 3.05) is 0 Å². The van der Waals surface area contributed by atoms with Crippen LogP contribution in [0.4, 0.5) is 0 Å². The van der Waals surface area contributed by atoms with Gasteiger partial charge >= 0.3 is 119 Å². The van der Waals surface area contributed by atoms with Crippen LogP contribution in [-0.2, 0) is 28.9 Å². The number of rotatable bonds is 10. The van der Waals surface area contributed by atoms with Crippen LogP contribution in [0.3, 0.4) is 0 Å². The van der Waals surface area contributed by atoms with Gasteiger partial charge in [0.05, 0.1) is 0 Å². The van der Waals surface area contributed by atoms with Gasteiger partial charge in [0.15, 0.2) is 0 Å². The molecule has 0 rings (SSSR count). The second-order valence-corrected chi connectivity index (χ2v) is 5.30. The summed E-state index contributed by atoms with van der Waals surface area (Å²) in [6.45, 7) is 6.55. The monoisotopic (exact) mass is 275 g/mol. The van der Waals surface area contributed by atoms with Crippen LogP contribution in [0.1, 0.15) is 78.6 Å². The van der Waals surface area contributed by atoms with Gasteiger partial charge in [0, 0.05) is 0 Å². The van der Waals surface area contributed by atoms with Crippen LogP contribution >= 0.6 is 0 Å². The summed E-state index contributed by atoms with van der Waals surface area (Å²) in [6.07, 6.45) is 9.82. The number of carbonyl (C=O) groups is 1. The van der Waals surface area contributed by atoms with E-state index >= 15 is 0 Å².